The topological polar surface area (TPSA) is 96.9 Å². The van der Waals surface area contributed by atoms with E-state index in [-0.39, 0.29) is 11.8 Å². The van der Waals surface area contributed by atoms with Crippen molar-refractivity contribution in [3.8, 4) is 16.9 Å². The van der Waals surface area contributed by atoms with Crippen molar-refractivity contribution in [2.24, 2.45) is 0 Å². The van der Waals surface area contributed by atoms with Gasteiger partial charge in [-0.25, -0.2) is 4.68 Å². The lowest BCUT2D eigenvalue weighted by Gasteiger charge is -2.07. The average Bonchev–Trinajstić information content (AvgIpc) is 3.19. The number of aromatic nitrogens is 3. The van der Waals surface area contributed by atoms with Crippen molar-refractivity contribution in [1.82, 2.24) is 15.0 Å². The first kappa shape index (κ1) is 18.3. The number of hydrogen-bond donors (Lipinski definition) is 2. The van der Waals surface area contributed by atoms with E-state index in [4.69, 9.17) is 20.3 Å². The molecule has 1 aromatic heterocycles. The standard InChI is InChI=1S/C20H21N5O2/c1-3-26-19(21)15-8-5-7-14(11-15)18-13-25(24-23-18)17-10-6-9-16(12-17)20(22)27-4-2/h5-13,21-22H,3-4H2,1-2H3. The Hall–Kier alpha value is -3.48. The second-order valence-corrected chi connectivity index (χ2v) is 5.70. The van der Waals surface area contributed by atoms with Crippen LogP contribution in [0.4, 0.5) is 0 Å². The fourth-order valence-corrected chi connectivity index (χ4v) is 2.59. The van der Waals surface area contributed by atoms with Gasteiger partial charge in [0.2, 0.25) is 11.8 Å². The van der Waals surface area contributed by atoms with Crippen molar-refractivity contribution >= 4 is 11.8 Å². The molecule has 1 heterocycles. The monoisotopic (exact) mass is 363 g/mol. The van der Waals surface area contributed by atoms with Crippen LogP contribution in [0.2, 0.25) is 0 Å². The molecule has 2 aromatic carbocycles. The lowest BCUT2D eigenvalue weighted by Crippen LogP contribution is -2.06. The van der Waals surface area contributed by atoms with Gasteiger partial charge in [0.1, 0.15) is 5.69 Å². The summed E-state index contributed by atoms with van der Waals surface area (Å²) in [4.78, 5) is 0. The smallest absolute Gasteiger partial charge is 0.213 e. The zero-order valence-electron chi connectivity index (χ0n) is 15.3. The minimum atomic E-state index is 0.127. The number of benzene rings is 2. The molecule has 0 aliphatic carbocycles. The molecular formula is C20H21N5O2. The van der Waals surface area contributed by atoms with Gasteiger partial charge in [0.05, 0.1) is 25.1 Å². The highest BCUT2D eigenvalue weighted by molar-refractivity contribution is 5.93. The van der Waals surface area contributed by atoms with Gasteiger partial charge in [-0.05, 0) is 44.2 Å². The van der Waals surface area contributed by atoms with Crippen LogP contribution in [0.25, 0.3) is 16.9 Å². The highest BCUT2D eigenvalue weighted by Gasteiger charge is 2.10. The third-order valence-corrected chi connectivity index (χ3v) is 3.86. The van der Waals surface area contributed by atoms with Crippen LogP contribution in [-0.2, 0) is 9.47 Å². The summed E-state index contributed by atoms with van der Waals surface area (Å²) >= 11 is 0. The summed E-state index contributed by atoms with van der Waals surface area (Å²) in [6.45, 7) is 4.60. The molecule has 0 aliphatic rings. The summed E-state index contributed by atoms with van der Waals surface area (Å²) < 4.78 is 12.2. The second-order valence-electron chi connectivity index (χ2n) is 5.70. The maximum Gasteiger partial charge on any atom is 0.213 e. The molecule has 0 saturated heterocycles. The summed E-state index contributed by atoms with van der Waals surface area (Å²) in [6.07, 6.45) is 1.81. The van der Waals surface area contributed by atoms with E-state index in [9.17, 15) is 0 Å². The van der Waals surface area contributed by atoms with E-state index >= 15 is 0 Å². The van der Waals surface area contributed by atoms with Gasteiger partial charge in [-0.1, -0.05) is 23.4 Å². The average molecular weight is 363 g/mol. The van der Waals surface area contributed by atoms with Crippen molar-refractivity contribution in [2.75, 3.05) is 13.2 Å². The van der Waals surface area contributed by atoms with Gasteiger partial charge < -0.3 is 9.47 Å². The first-order valence-corrected chi connectivity index (χ1v) is 8.69. The molecule has 7 heteroatoms. The molecule has 0 amide bonds. The van der Waals surface area contributed by atoms with E-state index in [1.807, 2.05) is 68.6 Å². The molecule has 7 nitrogen and oxygen atoms in total. The molecule has 3 aromatic rings. The Labute approximate surface area is 157 Å². The van der Waals surface area contributed by atoms with Crippen molar-refractivity contribution in [3.63, 3.8) is 0 Å². The molecule has 0 saturated carbocycles. The van der Waals surface area contributed by atoms with E-state index in [0.717, 1.165) is 11.3 Å². The minimum absolute atomic E-state index is 0.127. The molecule has 3 rings (SSSR count). The number of rotatable bonds is 6. The number of nitrogens with one attached hydrogen (secondary N) is 2. The van der Waals surface area contributed by atoms with E-state index in [1.54, 1.807) is 4.68 Å². The Bertz CT molecular complexity index is 888. The summed E-state index contributed by atoms with van der Waals surface area (Å²) in [7, 11) is 0. The Morgan fingerprint density at radius 1 is 0.926 bits per heavy atom. The van der Waals surface area contributed by atoms with Gasteiger partial charge in [-0.3, -0.25) is 10.8 Å². The lowest BCUT2D eigenvalue weighted by atomic mass is 10.1. The molecule has 138 valence electrons. The van der Waals surface area contributed by atoms with Crippen molar-refractivity contribution in [3.05, 3.63) is 65.9 Å². The van der Waals surface area contributed by atoms with E-state index < -0.39 is 0 Å². The highest BCUT2D eigenvalue weighted by Crippen LogP contribution is 2.20. The Morgan fingerprint density at radius 2 is 1.56 bits per heavy atom. The first-order chi connectivity index (χ1) is 13.1. The maximum absolute atomic E-state index is 7.93. The summed E-state index contributed by atoms with van der Waals surface area (Å²) in [5, 5.41) is 24.3. The molecule has 2 N–H and O–H groups in total. The molecule has 0 aliphatic heterocycles. The van der Waals surface area contributed by atoms with Crippen LogP contribution in [0.1, 0.15) is 25.0 Å². The largest absolute Gasteiger partial charge is 0.478 e. The Morgan fingerprint density at radius 3 is 2.22 bits per heavy atom. The van der Waals surface area contributed by atoms with Crippen LogP contribution in [0.15, 0.2) is 54.7 Å². The second kappa shape index (κ2) is 8.27. The van der Waals surface area contributed by atoms with Gasteiger partial charge in [0.15, 0.2) is 0 Å². The normalized spacial score (nSPS) is 10.4. The van der Waals surface area contributed by atoms with Crippen LogP contribution in [0.5, 0.6) is 0 Å². The Balaban J connectivity index is 1.87. The zero-order chi connectivity index (χ0) is 19.2. The molecule has 0 spiro atoms. The first-order valence-electron chi connectivity index (χ1n) is 8.69. The van der Waals surface area contributed by atoms with Crippen molar-refractivity contribution in [2.45, 2.75) is 13.8 Å². The minimum Gasteiger partial charge on any atom is -0.478 e. The maximum atomic E-state index is 7.93. The molecule has 0 bridgehead atoms. The van der Waals surface area contributed by atoms with E-state index in [0.29, 0.717) is 30.0 Å². The SMILES string of the molecule is CCOC(=N)c1cccc(-c2cn(-c3cccc(C(=N)OCC)c3)nn2)c1. The molecule has 0 radical (unpaired) electrons. The molecule has 27 heavy (non-hydrogen) atoms. The Kier molecular flexibility index (Phi) is 5.61. The van der Waals surface area contributed by atoms with Crippen molar-refractivity contribution < 1.29 is 9.47 Å². The van der Waals surface area contributed by atoms with Gasteiger partial charge in [-0.15, -0.1) is 5.10 Å². The molecular weight excluding hydrogens is 342 g/mol. The highest BCUT2D eigenvalue weighted by atomic mass is 16.5. The fraction of sp³-hybridized carbons (Fsp3) is 0.200. The lowest BCUT2D eigenvalue weighted by molar-refractivity contribution is 0.325. The van der Waals surface area contributed by atoms with Crippen LogP contribution >= 0.6 is 0 Å². The van der Waals surface area contributed by atoms with Gasteiger partial charge >= 0.3 is 0 Å². The third kappa shape index (κ3) is 4.20. The zero-order valence-corrected chi connectivity index (χ0v) is 15.3. The third-order valence-electron chi connectivity index (χ3n) is 3.86. The molecule has 0 fully saturated rings. The van der Waals surface area contributed by atoms with Crippen LogP contribution in [-0.4, -0.2) is 40.0 Å². The van der Waals surface area contributed by atoms with Gasteiger partial charge in [-0.2, -0.15) is 0 Å². The van der Waals surface area contributed by atoms with Crippen LogP contribution in [0, 0.1) is 10.8 Å². The van der Waals surface area contributed by atoms with Crippen LogP contribution in [0.3, 0.4) is 0 Å². The number of hydrogen-bond acceptors (Lipinski definition) is 6. The van der Waals surface area contributed by atoms with Gasteiger partial charge in [0, 0.05) is 16.7 Å². The predicted octanol–water partition coefficient (Wildman–Crippen LogP) is 3.66. The fourth-order valence-electron chi connectivity index (χ4n) is 2.59. The molecule has 0 atom stereocenters. The van der Waals surface area contributed by atoms with Crippen molar-refractivity contribution in [1.29, 1.82) is 10.8 Å². The van der Waals surface area contributed by atoms with Gasteiger partial charge in [0.25, 0.3) is 0 Å². The summed E-state index contributed by atoms with van der Waals surface area (Å²) in [5.74, 6) is 0.260. The van der Waals surface area contributed by atoms with Crippen LogP contribution < -0.4 is 0 Å². The summed E-state index contributed by atoms with van der Waals surface area (Å²) in [6, 6.07) is 14.9. The van der Waals surface area contributed by atoms with E-state index in [1.165, 1.54) is 0 Å². The predicted molar refractivity (Wildman–Crippen MR) is 104 cm³/mol. The summed E-state index contributed by atoms with van der Waals surface area (Å²) in [5.41, 5.74) is 3.69. The number of nitrogens with zero attached hydrogens (tertiary/aromatic N) is 3. The number of ether oxygens (including phenoxy) is 2. The molecule has 0 unspecified atom stereocenters. The quantitative estimate of drug-likeness (QED) is 0.516. The van der Waals surface area contributed by atoms with E-state index in [2.05, 4.69) is 10.3 Å².